The van der Waals surface area contributed by atoms with E-state index in [1.807, 2.05) is 17.0 Å². The molecule has 1 spiro atoms. The number of carbonyl (C=O) groups excluding carboxylic acids is 2. The molecule has 11 heteroatoms. The second-order valence-corrected chi connectivity index (χ2v) is 14.8. The van der Waals surface area contributed by atoms with Crippen molar-refractivity contribution in [3.05, 3.63) is 65.0 Å². The first kappa shape index (κ1) is 34.6. The normalized spacial score (nSPS) is 21.8. The van der Waals surface area contributed by atoms with Crippen molar-refractivity contribution in [2.45, 2.75) is 104 Å². The van der Waals surface area contributed by atoms with Gasteiger partial charge in [-0.25, -0.2) is 0 Å². The maximum absolute atomic E-state index is 14.5. The van der Waals surface area contributed by atoms with E-state index in [9.17, 15) is 22.8 Å². The molecular formula is C34H47F3N6O2. The van der Waals surface area contributed by atoms with Crippen LogP contribution in [0.1, 0.15) is 113 Å². The van der Waals surface area contributed by atoms with E-state index in [1.54, 1.807) is 12.1 Å². The van der Waals surface area contributed by atoms with Crippen molar-refractivity contribution in [2.24, 2.45) is 33.2 Å². The van der Waals surface area contributed by atoms with E-state index in [4.69, 9.17) is 16.5 Å². The standard InChI is InChI=1S/C34H47F3N6O2/c1-31(2,3)16-15-25(21-7-9-22(10-8-21)29(44)41-20-27(38)39)43-30(45)28(23-11-12-26(40-19-23)34(35,36)37)42-33(43)17-13-24(14-18-33)32(4,5)6/h7-12,19,24-25,27H,13-18,20,38-39H2,1-6H3,(H,41,44). The van der Waals surface area contributed by atoms with Gasteiger partial charge in [-0.3, -0.25) is 19.6 Å². The Balaban J connectivity index is 1.76. The fraction of sp³-hybridized carbons (Fsp3) is 0.588. The average Bonchev–Trinajstić information content (AvgIpc) is 3.22. The highest BCUT2D eigenvalue weighted by molar-refractivity contribution is 6.46. The maximum atomic E-state index is 14.5. The molecule has 0 radical (unpaired) electrons. The number of pyridine rings is 1. The summed E-state index contributed by atoms with van der Waals surface area (Å²) >= 11 is 0. The minimum Gasteiger partial charge on any atom is -0.349 e. The van der Waals surface area contributed by atoms with Crippen molar-refractivity contribution in [2.75, 3.05) is 6.54 Å². The first-order chi connectivity index (χ1) is 20.8. The van der Waals surface area contributed by atoms with E-state index in [0.29, 0.717) is 30.7 Å². The highest BCUT2D eigenvalue weighted by Gasteiger charge is 2.53. The highest BCUT2D eigenvalue weighted by Crippen LogP contribution is 2.50. The lowest BCUT2D eigenvalue weighted by molar-refractivity contribution is -0.141. The van der Waals surface area contributed by atoms with Gasteiger partial charge in [0.2, 0.25) is 0 Å². The number of rotatable bonds is 8. The number of hydrogen-bond donors (Lipinski definition) is 3. The molecule has 1 unspecified atom stereocenters. The molecule has 1 aliphatic heterocycles. The highest BCUT2D eigenvalue weighted by atomic mass is 19.4. The summed E-state index contributed by atoms with van der Waals surface area (Å²) in [5.74, 6) is -0.175. The number of alkyl halides is 3. The first-order valence-corrected chi connectivity index (χ1v) is 15.7. The Bertz CT molecular complexity index is 1380. The van der Waals surface area contributed by atoms with Gasteiger partial charge in [0, 0.05) is 23.9 Å². The Morgan fingerprint density at radius 2 is 1.64 bits per heavy atom. The van der Waals surface area contributed by atoms with Crippen molar-refractivity contribution in [1.29, 1.82) is 0 Å². The van der Waals surface area contributed by atoms with E-state index in [-0.39, 0.29) is 46.5 Å². The van der Waals surface area contributed by atoms with Crippen molar-refractivity contribution < 1.29 is 22.8 Å². The van der Waals surface area contributed by atoms with Crippen LogP contribution in [0.5, 0.6) is 0 Å². The SMILES string of the molecule is CC(C)(C)CCC(c1ccc(C(=O)NCC(N)N)cc1)N1C(=O)C(c2ccc(C(F)(F)F)nc2)=NC12CCC(C(C)(C)C)CC2. The Morgan fingerprint density at radius 3 is 2.13 bits per heavy atom. The fourth-order valence-electron chi connectivity index (χ4n) is 6.42. The van der Waals surface area contributed by atoms with Crippen LogP contribution >= 0.6 is 0 Å². The van der Waals surface area contributed by atoms with E-state index >= 15 is 0 Å². The Kier molecular flexibility index (Phi) is 9.85. The van der Waals surface area contributed by atoms with Gasteiger partial charge in [0.1, 0.15) is 17.1 Å². The number of aliphatic imine (C=N–C) groups is 1. The molecule has 4 rings (SSSR count). The minimum absolute atomic E-state index is 0.0278. The predicted octanol–water partition coefficient (Wildman–Crippen LogP) is 6.21. The van der Waals surface area contributed by atoms with Gasteiger partial charge in [-0.1, -0.05) is 53.7 Å². The van der Waals surface area contributed by atoms with Gasteiger partial charge in [-0.05, 0) is 85.1 Å². The number of hydrogen-bond acceptors (Lipinski definition) is 6. The summed E-state index contributed by atoms with van der Waals surface area (Å²) in [6.45, 7) is 13.2. The molecule has 2 heterocycles. The molecule has 0 saturated heterocycles. The molecule has 2 aromatic rings. The molecule has 1 aromatic heterocycles. The molecule has 1 aromatic carbocycles. The van der Waals surface area contributed by atoms with Gasteiger partial charge in [-0.15, -0.1) is 0 Å². The van der Waals surface area contributed by atoms with Crippen LogP contribution < -0.4 is 16.8 Å². The lowest BCUT2D eigenvalue weighted by Gasteiger charge is -2.47. The first-order valence-electron chi connectivity index (χ1n) is 15.7. The van der Waals surface area contributed by atoms with Crippen LogP contribution in [0.2, 0.25) is 0 Å². The van der Waals surface area contributed by atoms with Crippen LogP contribution in [0, 0.1) is 16.7 Å². The number of benzene rings is 1. The largest absolute Gasteiger partial charge is 0.433 e. The fourth-order valence-corrected chi connectivity index (χ4v) is 6.42. The monoisotopic (exact) mass is 628 g/mol. The molecule has 1 atom stereocenters. The Labute approximate surface area is 264 Å². The second-order valence-electron chi connectivity index (χ2n) is 14.8. The van der Waals surface area contributed by atoms with Crippen LogP contribution in [0.4, 0.5) is 13.2 Å². The van der Waals surface area contributed by atoms with Crippen LogP contribution in [-0.4, -0.2) is 45.8 Å². The summed E-state index contributed by atoms with van der Waals surface area (Å²) in [4.78, 5) is 37.7. The van der Waals surface area contributed by atoms with Crippen LogP contribution in [0.3, 0.4) is 0 Å². The molecule has 1 fully saturated rings. The van der Waals surface area contributed by atoms with Gasteiger partial charge in [-0.2, -0.15) is 13.2 Å². The number of amides is 2. The molecule has 2 amide bonds. The lowest BCUT2D eigenvalue weighted by Crippen LogP contribution is -2.51. The van der Waals surface area contributed by atoms with Crippen molar-refractivity contribution in [1.82, 2.24) is 15.2 Å². The number of carbonyl (C=O) groups is 2. The predicted molar refractivity (Wildman–Crippen MR) is 169 cm³/mol. The zero-order chi connectivity index (χ0) is 33.4. The van der Waals surface area contributed by atoms with Crippen LogP contribution in [0.15, 0.2) is 47.6 Å². The topological polar surface area (TPSA) is 127 Å². The van der Waals surface area contributed by atoms with E-state index < -0.39 is 23.7 Å². The van der Waals surface area contributed by atoms with E-state index in [1.165, 1.54) is 6.07 Å². The quantitative estimate of drug-likeness (QED) is 0.300. The number of nitrogens with one attached hydrogen (secondary N) is 1. The maximum Gasteiger partial charge on any atom is 0.433 e. The zero-order valence-corrected chi connectivity index (χ0v) is 27.2. The molecule has 246 valence electrons. The van der Waals surface area contributed by atoms with E-state index in [2.05, 4.69) is 51.8 Å². The summed E-state index contributed by atoms with van der Waals surface area (Å²) in [6, 6.07) is 8.99. The molecule has 1 aliphatic carbocycles. The number of nitrogens with zero attached hydrogens (tertiary/aromatic N) is 3. The molecule has 1 saturated carbocycles. The molecule has 45 heavy (non-hydrogen) atoms. The Morgan fingerprint density at radius 1 is 1.02 bits per heavy atom. The van der Waals surface area contributed by atoms with Crippen molar-refractivity contribution >= 4 is 17.5 Å². The minimum atomic E-state index is -4.59. The zero-order valence-electron chi connectivity index (χ0n) is 27.2. The lowest BCUT2D eigenvalue weighted by atomic mass is 9.69. The number of aromatic nitrogens is 1. The van der Waals surface area contributed by atoms with Gasteiger partial charge in [0.15, 0.2) is 0 Å². The summed E-state index contributed by atoms with van der Waals surface area (Å²) < 4.78 is 39.8. The molecular weight excluding hydrogens is 581 g/mol. The van der Waals surface area contributed by atoms with Gasteiger partial charge >= 0.3 is 6.18 Å². The molecule has 0 bridgehead atoms. The summed E-state index contributed by atoms with van der Waals surface area (Å²) in [5.41, 5.74) is 11.1. The third kappa shape index (κ3) is 8.10. The van der Waals surface area contributed by atoms with E-state index in [0.717, 1.165) is 37.1 Å². The van der Waals surface area contributed by atoms with Gasteiger partial charge in [0.05, 0.1) is 12.2 Å². The molecule has 8 nitrogen and oxygen atoms in total. The summed E-state index contributed by atoms with van der Waals surface area (Å²) in [6.07, 6.45) is 0.298. The average molecular weight is 629 g/mol. The van der Waals surface area contributed by atoms with Crippen LogP contribution in [0.25, 0.3) is 0 Å². The Hall–Kier alpha value is -3.31. The summed E-state index contributed by atoms with van der Waals surface area (Å²) in [7, 11) is 0. The smallest absolute Gasteiger partial charge is 0.349 e. The van der Waals surface area contributed by atoms with Gasteiger partial charge in [0.25, 0.3) is 11.8 Å². The number of nitrogens with two attached hydrogens (primary N) is 2. The summed E-state index contributed by atoms with van der Waals surface area (Å²) in [5, 5.41) is 2.71. The second kappa shape index (κ2) is 12.8. The molecule has 5 N–H and O–H groups in total. The third-order valence-corrected chi connectivity index (χ3v) is 9.06. The van der Waals surface area contributed by atoms with Crippen LogP contribution in [-0.2, 0) is 11.0 Å². The van der Waals surface area contributed by atoms with Crippen molar-refractivity contribution in [3.63, 3.8) is 0 Å². The third-order valence-electron chi connectivity index (χ3n) is 9.06. The number of halogens is 3. The van der Waals surface area contributed by atoms with Gasteiger partial charge < -0.3 is 21.7 Å². The van der Waals surface area contributed by atoms with Crippen molar-refractivity contribution in [3.8, 4) is 0 Å². The molecule has 2 aliphatic rings.